The highest BCUT2D eigenvalue weighted by atomic mass is 16.5. The molecular weight excluding hydrogens is 222 g/mol. The number of nitrogens with two attached hydrogens (primary N) is 1. The highest BCUT2D eigenvalue weighted by molar-refractivity contribution is 5.92. The molecule has 0 aliphatic heterocycles. The third-order valence-electron chi connectivity index (χ3n) is 2.08. The zero-order chi connectivity index (χ0) is 12.3. The van der Waals surface area contributed by atoms with Crippen molar-refractivity contribution >= 4 is 11.8 Å². The lowest BCUT2D eigenvalue weighted by Crippen LogP contribution is -2.09. The van der Waals surface area contributed by atoms with Crippen molar-refractivity contribution in [3.8, 4) is 5.69 Å². The normalized spacial score (nSPS) is 10.2. The molecule has 0 atom stereocenters. The first-order valence-electron chi connectivity index (χ1n) is 5.02. The fourth-order valence-electron chi connectivity index (χ4n) is 1.31. The van der Waals surface area contributed by atoms with Gasteiger partial charge in [-0.05, 0) is 19.1 Å². The molecule has 0 aliphatic rings. The van der Waals surface area contributed by atoms with Crippen LogP contribution in [0, 0.1) is 0 Å². The molecule has 2 aromatic rings. The van der Waals surface area contributed by atoms with Crippen LogP contribution in [0.4, 0.5) is 5.82 Å². The molecule has 0 radical (unpaired) electrons. The Labute approximate surface area is 97.2 Å². The van der Waals surface area contributed by atoms with Crippen molar-refractivity contribution in [2.75, 3.05) is 12.3 Å². The molecule has 0 bridgehead atoms. The average Bonchev–Trinajstić information content (AvgIpc) is 2.72. The Bertz CT molecular complexity index is 523. The third-order valence-corrected chi connectivity index (χ3v) is 2.08. The van der Waals surface area contributed by atoms with E-state index in [4.69, 9.17) is 10.5 Å². The summed E-state index contributed by atoms with van der Waals surface area (Å²) in [5.41, 5.74) is 6.48. The van der Waals surface area contributed by atoms with Crippen molar-refractivity contribution in [2.45, 2.75) is 6.92 Å². The molecule has 0 saturated heterocycles. The average molecular weight is 233 g/mol. The van der Waals surface area contributed by atoms with Gasteiger partial charge in [-0.15, -0.1) is 5.10 Å². The summed E-state index contributed by atoms with van der Waals surface area (Å²) >= 11 is 0. The second-order valence-electron chi connectivity index (χ2n) is 3.16. The van der Waals surface area contributed by atoms with Gasteiger partial charge in [0.2, 0.25) is 5.69 Å². The van der Waals surface area contributed by atoms with Crippen LogP contribution < -0.4 is 5.73 Å². The summed E-state index contributed by atoms with van der Waals surface area (Å²) in [6.07, 6.45) is 3.20. The van der Waals surface area contributed by atoms with Gasteiger partial charge in [-0.1, -0.05) is 5.21 Å². The van der Waals surface area contributed by atoms with E-state index in [0.29, 0.717) is 5.69 Å². The van der Waals surface area contributed by atoms with Crippen LogP contribution in [0.25, 0.3) is 5.69 Å². The molecule has 2 N–H and O–H groups in total. The van der Waals surface area contributed by atoms with E-state index in [2.05, 4.69) is 15.3 Å². The van der Waals surface area contributed by atoms with E-state index in [1.165, 1.54) is 4.68 Å². The highest BCUT2D eigenvalue weighted by Crippen LogP contribution is 2.14. The van der Waals surface area contributed by atoms with E-state index < -0.39 is 5.97 Å². The van der Waals surface area contributed by atoms with E-state index in [1.54, 1.807) is 31.5 Å². The fourth-order valence-corrected chi connectivity index (χ4v) is 1.31. The molecule has 0 aromatic carbocycles. The molecule has 0 spiro atoms. The number of anilines is 1. The molecule has 17 heavy (non-hydrogen) atoms. The maximum Gasteiger partial charge on any atom is 0.362 e. The predicted octanol–water partition coefficient (Wildman–Crippen LogP) is 0.421. The minimum atomic E-state index is -0.578. The van der Waals surface area contributed by atoms with Crippen LogP contribution in [-0.4, -0.2) is 32.6 Å². The molecule has 0 saturated carbocycles. The van der Waals surface area contributed by atoms with Crippen LogP contribution in [0.5, 0.6) is 0 Å². The number of carbonyl (C=O) groups is 1. The van der Waals surface area contributed by atoms with Crippen LogP contribution in [-0.2, 0) is 4.74 Å². The monoisotopic (exact) mass is 233 g/mol. The Balaban J connectivity index is 2.37. The smallest absolute Gasteiger partial charge is 0.362 e. The first kappa shape index (κ1) is 11.1. The number of nitrogens with zero attached hydrogens (tertiary/aromatic N) is 4. The number of esters is 1. The second kappa shape index (κ2) is 4.60. The lowest BCUT2D eigenvalue weighted by molar-refractivity contribution is 0.0520. The Morgan fingerprint density at radius 1 is 1.47 bits per heavy atom. The predicted molar refractivity (Wildman–Crippen MR) is 59.5 cm³/mol. The van der Waals surface area contributed by atoms with Gasteiger partial charge < -0.3 is 10.5 Å². The van der Waals surface area contributed by atoms with Crippen molar-refractivity contribution in [3.05, 3.63) is 30.2 Å². The molecule has 0 fully saturated rings. The highest BCUT2D eigenvalue weighted by Gasteiger charge is 2.18. The summed E-state index contributed by atoms with van der Waals surface area (Å²) in [6.45, 7) is 1.97. The van der Waals surface area contributed by atoms with Gasteiger partial charge in [-0.2, -0.15) is 4.68 Å². The number of carbonyl (C=O) groups excluding carboxylic acids is 1. The molecule has 7 nitrogen and oxygen atoms in total. The van der Waals surface area contributed by atoms with Crippen LogP contribution in [0.3, 0.4) is 0 Å². The zero-order valence-electron chi connectivity index (χ0n) is 9.20. The Morgan fingerprint density at radius 3 is 2.82 bits per heavy atom. The van der Waals surface area contributed by atoms with Crippen molar-refractivity contribution < 1.29 is 9.53 Å². The minimum Gasteiger partial charge on any atom is -0.461 e. The van der Waals surface area contributed by atoms with E-state index in [-0.39, 0.29) is 18.1 Å². The lowest BCUT2D eigenvalue weighted by atomic mass is 10.4. The zero-order valence-corrected chi connectivity index (χ0v) is 9.20. The van der Waals surface area contributed by atoms with Crippen molar-refractivity contribution in [3.63, 3.8) is 0 Å². The summed E-state index contributed by atoms with van der Waals surface area (Å²) in [5, 5.41) is 7.51. The Kier molecular flexibility index (Phi) is 2.99. The number of pyridine rings is 1. The van der Waals surface area contributed by atoms with E-state index >= 15 is 0 Å². The summed E-state index contributed by atoms with van der Waals surface area (Å²) in [6, 6.07) is 3.42. The van der Waals surface area contributed by atoms with Gasteiger partial charge in [0.1, 0.15) is 0 Å². The molecule has 7 heteroatoms. The molecule has 88 valence electrons. The first-order valence-corrected chi connectivity index (χ1v) is 5.02. The third kappa shape index (κ3) is 2.07. The topological polar surface area (TPSA) is 95.9 Å². The number of ether oxygens (including phenoxy) is 1. The molecular formula is C10H11N5O2. The first-order chi connectivity index (χ1) is 8.24. The van der Waals surface area contributed by atoms with Gasteiger partial charge in [0, 0.05) is 12.4 Å². The molecule has 2 aromatic heterocycles. The number of hydrogen-bond acceptors (Lipinski definition) is 6. The Morgan fingerprint density at radius 2 is 2.18 bits per heavy atom. The summed E-state index contributed by atoms with van der Waals surface area (Å²) in [7, 11) is 0. The standard InChI is InChI=1S/C10H11N5O2/c1-2-17-10(16)8-9(11)15(14-13-8)7-3-5-12-6-4-7/h3-6H,2,11H2,1H3. The molecule has 0 unspecified atom stereocenters. The molecule has 2 rings (SSSR count). The maximum absolute atomic E-state index is 11.5. The lowest BCUT2D eigenvalue weighted by Gasteiger charge is -2.02. The fraction of sp³-hybridized carbons (Fsp3) is 0.200. The van der Waals surface area contributed by atoms with Crippen molar-refractivity contribution in [2.24, 2.45) is 0 Å². The maximum atomic E-state index is 11.5. The number of hydrogen-bond donors (Lipinski definition) is 1. The van der Waals surface area contributed by atoms with Crippen molar-refractivity contribution in [1.82, 2.24) is 20.0 Å². The number of aromatic nitrogens is 4. The molecule has 0 aliphatic carbocycles. The Hall–Kier alpha value is -2.44. The van der Waals surface area contributed by atoms with Gasteiger partial charge in [0.15, 0.2) is 5.82 Å². The van der Waals surface area contributed by atoms with E-state index in [1.807, 2.05) is 0 Å². The second-order valence-corrected chi connectivity index (χ2v) is 3.16. The minimum absolute atomic E-state index is 0.0173. The van der Waals surface area contributed by atoms with Crippen LogP contribution in [0.2, 0.25) is 0 Å². The van der Waals surface area contributed by atoms with Gasteiger partial charge >= 0.3 is 5.97 Å². The van der Waals surface area contributed by atoms with Gasteiger partial charge in [-0.25, -0.2) is 4.79 Å². The summed E-state index contributed by atoms with van der Waals surface area (Å²) in [4.78, 5) is 15.4. The largest absolute Gasteiger partial charge is 0.461 e. The molecule has 2 heterocycles. The summed E-state index contributed by atoms with van der Waals surface area (Å²) < 4.78 is 6.17. The number of rotatable bonds is 3. The van der Waals surface area contributed by atoms with Crippen molar-refractivity contribution in [1.29, 1.82) is 0 Å². The van der Waals surface area contributed by atoms with Crippen LogP contribution in [0.1, 0.15) is 17.4 Å². The van der Waals surface area contributed by atoms with Gasteiger partial charge in [0.05, 0.1) is 12.3 Å². The molecule has 0 amide bonds. The summed E-state index contributed by atoms with van der Waals surface area (Å²) in [5.74, 6) is -0.431. The quantitative estimate of drug-likeness (QED) is 0.772. The van der Waals surface area contributed by atoms with Gasteiger partial charge in [-0.3, -0.25) is 4.98 Å². The van der Waals surface area contributed by atoms with Crippen LogP contribution in [0.15, 0.2) is 24.5 Å². The van der Waals surface area contributed by atoms with E-state index in [0.717, 1.165) is 0 Å². The van der Waals surface area contributed by atoms with Crippen LogP contribution >= 0.6 is 0 Å². The van der Waals surface area contributed by atoms with E-state index in [9.17, 15) is 4.79 Å². The number of nitrogen functional groups attached to an aromatic ring is 1. The SMILES string of the molecule is CCOC(=O)c1nnn(-c2ccncc2)c1N. The van der Waals surface area contributed by atoms with Gasteiger partial charge in [0.25, 0.3) is 0 Å².